The van der Waals surface area contributed by atoms with Crippen LogP contribution in [-0.4, -0.2) is 30.1 Å². The largest absolute Gasteiger partial charge is 0.383 e. The van der Waals surface area contributed by atoms with Gasteiger partial charge >= 0.3 is 0 Å². The van der Waals surface area contributed by atoms with E-state index in [9.17, 15) is 0 Å². The predicted molar refractivity (Wildman–Crippen MR) is 84.1 cm³/mol. The Hall–Kier alpha value is -1.02. The van der Waals surface area contributed by atoms with Gasteiger partial charge in [0.05, 0.1) is 0 Å². The molecule has 4 rings (SSSR count). The molecule has 0 aromatic heterocycles. The minimum Gasteiger partial charge on any atom is -0.383 e. The second kappa shape index (κ2) is 5.40. The molecule has 20 heavy (non-hydrogen) atoms. The molecule has 2 unspecified atom stereocenters. The number of anilines is 1. The summed E-state index contributed by atoms with van der Waals surface area (Å²) in [5.41, 5.74) is 2.88. The molecule has 2 atom stereocenters. The van der Waals surface area contributed by atoms with Crippen LogP contribution in [0.4, 0.5) is 5.69 Å². The summed E-state index contributed by atoms with van der Waals surface area (Å²) in [6.45, 7) is 2.47. The molecule has 1 aromatic carbocycles. The predicted octanol–water partition coefficient (Wildman–Crippen LogP) is 3.68. The molecule has 2 fully saturated rings. The zero-order valence-corrected chi connectivity index (χ0v) is 12.4. The van der Waals surface area contributed by atoms with Gasteiger partial charge < -0.3 is 5.32 Å². The van der Waals surface area contributed by atoms with Gasteiger partial charge in [-0.15, -0.1) is 0 Å². The van der Waals surface area contributed by atoms with Crippen molar-refractivity contribution in [2.75, 3.05) is 18.4 Å². The molecule has 1 saturated heterocycles. The van der Waals surface area contributed by atoms with Crippen LogP contribution in [-0.2, 0) is 6.42 Å². The van der Waals surface area contributed by atoms with Crippen LogP contribution in [0.25, 0.3) is 0 Å². The fraction of sp³-hybridized carbons (Fsp3) is 0.667. The number of likely N-dealkylation sites (tertiary alicyclic amines) is 1. The Morgan fingerprint density at radius 3 is 2.75 bits per heavy atom. The van der Waals surface area contributed by atoms with Crippen LogP contribution in [0.5, 0.6) is 0 Å². The van der Waals surface area contributed by atoms with Crippen LogP contribution in [0.15, 0.2) is 24.3 Å². The Labute approximate surface area is 122 Å². The van der Waals surface area contributed by atoms with Crippen LogP contribution < -0.4 is 5.32 Å². The lowest BCUT2D eigenvalue weighted by Crippen LogP contribution is -2.48. The molecule has 1 N–H and O–H groups in total. The van der Waals surface area contributed by atoms with E-state index in [0.717, 1.165) is 24.5 Å². The van der Waals surface area contributed by atoms with Gasteiger partial charge in [-0.2, -0.15) is 0 Å². The zero-order valence-electron chi connectivity index (χ0n) is 12.4. The lowest BCUT2D eigenvalue weighted by atomic mass is 9.92. The van der Waals surface area contributed by atoms with Gasteiger partial charge in [-0.05, 0) is 56.2 Å². The van der Waals surface area contributed by atoms with Gasteiger partial charge in [0.2, 0.25) is 0 Å². The van der Waals surface area contributed by atoms with Crippen molar-refractivity contribution >= 4 is 5.69 Å². The third-order valence-corrected chi connectivity index (χ3v) is 5.76. The number of hydrogen-bond acceptors (Lipinski definition) is 2. The molecule has 2 heterocycles. The Balaban J connectivity index is 1.50. The van der Waals surface area contributed by atoms with E-state index >= 15 is 0 Å². The monoisotopic (exact) mass is 270 g/mol. The van der Waals surface area contributed by atoms with Crippen LogP contribution >= 0.6 is 0 Å². The molecule has 0 bridgehead atoms. The minimum absolute atomic E-state index is 0.720. The second-order valence-electron chi connectivity index (χ2n) is 6.89. The van der Waals surface area contributed by atoms with Crippen molar-refractivity contribution < 1.29 is 0 Å². The average molecular weight is 270 g/mol. The first kappa shape index (κ1) is 12.7. The van der Waals surface area contributed by atoms with Crippen molar-refractivity contribution in [3.63, 3.8) is 0 Å². The maximum atomic E-state index is 3.66. The molecule has 0 radical (unpaired) electrons. The molecule has 2 heteroatoms. The van der Waals surface area contributed by atoms with E-state index in [1.54, 1.807) is 0 Å². The van der Waals surface area contributed by atoms with Gasteiger partial charge in [0.15, 0.2) is 0 Å². The molecule has 1 saturated carbocycles. The Bertz CT molecular complexity index is 464. The van der Waals surface area contributed by atoms with E-state index in [1.165, 1.54) is 62.7 Å². The highest BCUT2D eigenvalue weighted by Crippen LogP contribution is 2.37. The third kappa shape index (κ3) is 2.24. The first-order valence-electron chi connectivity index (χ1n) is 8.49. The quantitative estimate of drug-likeness (QED) is 0.882. The standard InChI is InChI=1S/C18H26N2/c1-2-7-14(6-1)18-10-5-11-20(18)16-12-15-8-3-4-9-17(15)19-13-16/h3-4,8-9,14,16,18-19H,1-2,5-7,10-13H2. The van der Waals surface area contributed by atoms with Crippen molar-refractivity contribution in [1.29, 1.82) is 0 Å². The molecular weight excluding hydrogens is 244 g/mol. The average Bonchev–Trinajstić information content (AvgIpc) is 3.17. The number of nitrogens with one attached hydrogen (secondary N) is 1. The summed E-state index contributed by atoms with van der Waals surface area (Å²) in [4.78, 5) is 2.86. The lowest BCUT2D eigenvalue weighted by Gasteiger charge is -2.39. The van der Waals surface area contributed by atoms with Crippen molar-refractivity contribution in [2.24, 2.45) is 5.92 Å². The number of hydrogen-bond donors (Lipinski definition) is 1. The molecule has 108 valence electrons. The topological polar surface area (TPSA) is 15.3 Å². The minimum atomic E-state index is 0.720. The number of rotatable bonds is 2. The third-order valence-electron chi connectivity index (χ3n) is 5.76. The highest BCUT2D eigenvalue weighted by Gasteiger charge is 2.37. The van der Waals surface area contributed by atoms with E-state index in [0.29, 0.717) is 0 Å². The van der Waals surface area contributed by atoms with Crippen LogP contribution in [0, 0.1) is 5.92 Å². The number of para-hydroxylation sites is 1. The molecule has 1 aromatic rings. The van der Waals surface area contributed by atoms with Crippen LogP contribution in [0.2, 0.25) is 0 Å². The number of nitrogens with zero attached hydrogens (tertiary/aromatic N) is 1. The summed E-state index contributed by atoms with van der Waals surface area (Å²) in [7, 11) is 0. The van der Waals surface area contributed by atoms with E-state index in [-0.39, 0.29) is 0 Å². The van der Waals surface area contributed by atoms with Crippen molar-refractivity contribution in [3.8, 4) is 0 Å². The summed E-state index contributed by atoms with van der Waals surface area (Å²) in [6, 6.07) is 10.5. The van der Waals surface area contributed by atoms with Gasteiger partial charge in [0.1, 0.15) is 0 Å². The normalized spacial score (nSPS) is 31.2. The summed E-state index contributed by atoms with van der Waals surface area (Å²) in [5, 5.41) is 3.66. The van der Waals surface area contributed by atoms with Gasteiger partial charge in [0, 0.05) is 24.3 Å². The maximum absolute atomic E-state index is 3.66. The van der Waals surface area contributed by atoms with Crippen molar-refractivity contribution in [2.45, 2.75) is 57.0 Å². The van der Waals surface area contributed by atoms with Crippen molar-refractivity contribution in [1.82, 2.24) is 4.90 Å². The highest BCUT2D eigenvalue weighted by molar-refractivity contribution is 5.53. The smallest absolute Gasteiger partial charge is 0.0373 e. The van der Waals surface area contributed by atoms with Crippen LogP contribution in [0.1, 0.15) is 44.1 Å². The summed E-state index contributed by atoms with van der Waals surface area (Å²) in [5.74, 6) is 0.995. The second-order valence-corrected chi connectivity index (χ2v) is 6.89. The summed E-state index contributed by atoms with van der Waals surface area (Å²) in [6.07, 6.45) is 10.0. The SMILES string of the molecule is c1ccc2c(c1)CC(N1CCCC1C1CCCC1)CN2. The fourth-order valence-electron chi connectivity index (χ4n) is 4.78. The molecular formula is C18H26N2. The Morgan fingerprint density at radius 2 is 1.85 bits per heavy atom. The molecule has 0 amide bonds. The highest BCUT2D eigenvalue weighted by atomic mass is 15.2. The first-order chi connectivity index (χ1) is 9.92. The zero-order chi connectivity index (χ0) is 13.4. The molecule has 2 nitrogen and oxygen atoms in total. The maximum Gasteiger partial charge on any atom is 0.0373 e. The van der Waals surface area contributed by atoms with Crippen LogP contribution in [0.3, 0.4) is 0 Å². The molecule has 1 aliphatic carbocycles. The molecule has 3 aliphatic rings. The molecule has 2 aliphatic heterocycles. The fourth-order valence-corrected chi connectivity index (χ4v) is 4.78. The summed E-state index contributed by atoms with van der Waals surface area (Å²) < 4.78 is 0. The van der Waals surface area contributed by atoms with Gasteiger partial charge in [-0.25, -0.2) is 0 Å². The van der Waals surface area contributed by atoms with E-state index in [1.807, 2.05) is 0 Å². The van der Waals surface area contributed by atoms with Crippen molar-refractivity contribution in [3.05, 3.63) is 29.8 Å². The lowest BCUT2D eigenvalue weighted by molar-refractivity contribution is 0.138. The first-order valence-corrected chi connectivity index (χ1v) is 8.49. The number of fused-ring (bicyclic) bond motifs is 1. The molecule has 0 spiro atoms. The van der Waals surface area contributed by atoms with Gasteiger partial charge in [-0.3, -0.25) is 4.90 Å². The van der Waals surface area contributed by atoms with E-state index < -0.39 is 0 Å². The van der Waals surface area contributed by atoms with E-state index in [4.69, 9.17) is 0 Å². The van der Waals surface area contributed by atoms with Gasteiger partial charge in [0.25, 0.3) is 0 Å². The van der Waals surface area contributed by atoms with Gasteiger partial charge in [-0.1, -0.05) is 31.0 Å². The Kier molecular flexibility index (Phi) is 3.43. The Morgan fingerprint density at radius 1 is 1.00 bits per heavy atom. The van der Waals surface area contributed by atoms with E-state index in [2.05, 4.69) is 34.5 Å². The number of benzene rings is 1. The summed E-state index contributed by atoms with van der Waals surface area (Å²) >= 11 is 0.